The van der Waals surface area contributed by atoms with Gasteiger partial charge in [0.15, 0.2) is 5.78 Å². The molecule has 7 heteroatoms. The molecular weight excluding hydrogens is 364 g/mol. The van der Waals surface area contributed by atoms with Gasteiger partial charge in [-0.15, -0.1) is 24.4 Å². The van der Waals surface area contributed by atoms with Crippen molar-refractivity contribution < 1.29 is 23.1 Å². The monoisotopic (exact) mass is 391 g/mol. The minimum Gasteiger partial charge on any atom is -0.444 e. The van der Waals surface area contributed by atoms with Crippen LogP contribution in [0.15, 0.2) is 18.2 Å². The number of aryl methyl sites for hydroxylation is 1. The second kappa shape index (κ2) is 16.3. The average Bonchev–Trinajstić information content (AvgIpc) is 2.54. The van der Waals surface area contributed by atoms with Crippen LogP contribution in [0.25, 0.3) is 0 Å². The summed E-state index contributed by atoms with van der Waals surface area (Å²) < 4.78 is 29.3. The predicted octanol–water partition coefficient (Wildman–Crippen LogP) is 4.87. The topological polar surface area (TPSA) is 55.4 Å². The zero-order valence-corrected chi connectivity index (χ0v) is 16.9. The second-order valence-electron chi connectivity index (χ2n) is 5.47. The van der Waals surface area contributed by atoms with Gasteiger partial charge in [0, 0.05) is 6.07 Å². The number of rotatable bonds is 3. The van der Waals surface area contributed by atoms with Crippen LogP contribution in [0.5, 0.6) is 0 Å². The van der Waals surface area contributed by atoms with Crippen LogP contribution in [0.3, 0.4) is 0 Å². The number of ketones is 1. The Labute approximate surface area is 160 Å². The van der Waals surface area contributed by atoms with Crippen LogP contribution in [0.4, 0.5) is 13.6 Å². The highest BCUT2D eigenvalue weighted by atomic mass is 35.5. The van der Waals surface area contributed by atoms with Gasteiger partial charge in [0.2, 0.25) is 0 Å². The summed E-state index contributed by atoms with van der Waals surface area (Å²) in [5, 5.41) is 2.29. The fourth-order valence-electron chi connectivity index (χ4n) is 1.22. The Morgan fingerprint density at radius 3 is 1.85 bits per heavy atom. The molecule has 26 heavy (non-hydrogen) atoms. The third-order valence-corrected chi connectivity index (χ3v) is 2.28. The van der Waals surface area contributed by atoms with Gasteiger partial charge in [-0.1, -0.05) is 13.8 Å². The number of hydrogen-bond acceptors (Lipinski definition) is 3. The minimum absolute atomic E-state index is 0.0849. The maximum absolute atomic E-state index is 12.2. The number of carbonyl (C=O) groups is 2. The number of ether oxygens (including phenoxy) is 1. The molecule has 0 heterocycles. The van der Waals surface area contributed by atoms with Crippen molar-refractivity contribution in [2.75, 3.05) is 12.4 Å². The van der Waals surface area contributed by atoms with E-state index in [1.165, 1.54) is 12.1 Å². The summed E-state index contributed by atoms with van der Waals surface area (Å²) in [6, 6.07) is 3.42. The molecule has 1 amide bonds. The first-order valence-electron chi connectivity index (χ1n) is 7.84. The van der Waals surface area contributed by atoms with Crippen LogP contribution < -0.4 is 5.32 Å². The summed E-state index contributed by atoms with van der Waals surface area (Å²) >= 11 is 5.23. The van der Waals surface area contributed by atoms with E-state index < -0.39 is 23.3 Å². The third-order valence-electron chi connectivity index (χ3n) is 1.98. The lowest BCUT2D eigenvalue weighted by Gasteiger charge is -2.19. The zero-order valence-electron chi connectivity index (χ0n) is 16.2. The molecule has 0 aromatic heterocycles. The molecule has 0 saturated heterocycles. The van der Waals surface area contributed by atoms with Gasteiger partial charge in [0.1, 0.15) is 17.2 Å². The lowest BCUT2D eigenvalue weighted by atomic mass is 10.2. The van der Waals surface area contributed by atoms with Crippen molar-refractivity contribution in [2.45, 2.75) is 47.1 Å². The lowest BCUT2D eigenvalue weighted by molar-refractivity contribution is -0.115. The molecule has 1 aromatic carbocycles. The van der Waals surface area contributed by atoms with Gasteiger partial charge in [-0.25, -0.2) is 13.6 Å². The molecule has 0 bridgehead atoms. The Hall–Kier alpha value is -2.13. The normalized spacial score (nSPS) is 9.04. The summed E-state index contributed by atoms with van der Waals surface area (Å²) in [5.41, 5.74) is 0.0566. The molecule has 4 nitrogen and oxygen atoms in total. The van der Waals surface area contributed by atoms with E-state index in [2.05, 4.69) is 18.2 Å². The number of hydrogen-bond donors (Lipinski definition) is 1. The molecule has 148 valence electrons. The van der Waals surface area contributed by atoms with Crippen molar-refractivity contribution >= 4 is 23.5 Å². The Bertz CT molecular complexity index is 505. The maximum Gasteiger partial charge on any atom is 0.408 e. The number of Topliss-reactive ketones (excluding diaryl/α,β-unsaturated/α-hetero) is 1. The highest BCUT2D eigenvalue weighted by Crippen LogP contribution is 2.06. The van der Waals surface area contributed by atoms with Crippen molar-refractivity contribution in [2.24, 2.45) is 0 Å². The first kappa shape index (κ1) is 28.7. The molecule has 0 radical (unpaired) electrons. The molecule has 1 rings (SSSR count). The van der Waals surface area contributed by atoms with E-state index in [0.29, 0.717) is 5.56 Å². The molecular formula is C19H28ClF2NO3. The first-order chi connectivity index (χ1) is 12.0. The minimum atomic E-state index is -0.606. The second-order valence-corrected chi connectivity index (χ2v) is 5.74. The highest BCUT2D eigenvalue weighted by molar-refractivity contribution is 6.28. The number of carbonyl (C=O) groups excluding carboxylic acids is 2. The average molecular weight is 392 g/mol. The Balaban J connectivity index is -0.000000353. The quantitative estimate of drug-likeness (QED) is 0.590. The van der Waals surface area contributed by atoms with Gasteiger partial charge in [0.25, 0.3) is 0 Å². The number of benzene rings is 1. The van der Waals surface area contributed by atoms with Crippen LogP contribution in [-0.4, -0.2) is 29.9 Å². The fraction of sp³-hybridized carbons (Fsp3) is 0.474. The van der Waals surface area contributed by atoms with Crippen LogP contribution in [0.2, 0.25) is 0 Å². The summed E-state index contributed by atoms with van der Waals surface area (Å²) in [4.78, 5) is 21.6. The molecule has 0 saturated carbocycles. The molecule has 1 aromatic rings. The number of alkyl halides is 1. The van der Waals surface area contributed by atoms with Crippen LogP contribution in [-0.2, 0) is 9.53 Å². The SMILES string of the molecule is C#C.CC.CC(C)(C)OC(=O)NCC(=O)CCl.Cc1cc(F)cc(F)c1. The van der Waals surface area contributed by atoms with Gasteiger partial charge in [-0.05, 0) is 45.4 Å². The highest BCUT2D eigenvalue weighted by Gasteiger charge is 2.16. The predicted molar refractivity (Wildman–Crippen MR) is 102 cm³/mol. The van der Waals surface area contributed by atoms with Crippen molar-refractivity contribution in [3.8, 4) is 12.8 Å². The van der Waals surface area contributed by atoms with Crippen LogP contribution in [0, 0.1) is 31.4 Å². The first-order valence-corrected chi connectivity index (χ1v) is 8.37. The number of halogens is 3. The maximum atomic E-state index is 12.2. The van der Waals surface area contributed by atoms with Crippen LogP contribution >= 0.6 is 11.6 Å². The van der Waals surface area contributed by atoms with E-state index in [1.54, 1.807) is 27.7 Å². The molecule has 0 spiro atoms. The molecule has 0 aliphatic carbocycles. The molecule has 0 unspecified atom stereocenters. The van der Waals surface area contributed by atoms with Gasteiger partial charge >= 0.3 is 6.09 Å². The van der Waals surface area contributed by atoms with Gasteiger partial charge in [0.05, 0.1) is 12.4 Å². The number of terminal acetylenes is 1. The summed E-state index contributed by atoms with van der Waals surface area (Å²) in [6.07, 6.45) is 7.39. The van der Waals surface area contributed by atoms with E-state index >= 15 is 0 Å². The molecule has 0 aliphatic heterocycles. The fourth-order valence-corrected chi connectivity index (χ4v) is 1.32. The van der Waals surface area contributed by atoms with Crippen molar-refractivity contribution in [1.29, 1.82) is 0 Å². The van der Waals surface area contributed by atoms with E-state index in [9.17, 15) is 18.4 Å². The number of alkyl carbamates (subject to hydrolysis) is 1. The lowest BCUT2D eigenvalue weighted by Crippen LogP contribution is -2.35. The van der Waals surface area contributed by atoms with Gasteiger partial charge in [-0.3, -0.25) is 4.79 Å². The Morgan fingerprint density at radius 1 is 1.12 bits per heavy atom. The van der Waals surface area contributed by atoms with Crippen molar-refractivity contribution in [1.82, 2.24) is 5.32 Å². The van der Waals surface area contributed by atoms with E-state index in [1.807, 2.05) is 13.8 Å². The smallest absolute Gasteiger partial charge is 0.408 e. The van der Waals surface area contributed by atoms with Crippen molar-refractivity contribution in [3.63, 3.8) is 0 Å². The van der Waals surface area contributed by atoms with Crippen molar-refractivity contribution in [3.05, 3.63) is 35.4 Å². The summed E-state index contributed by atoms with van der Waals surface area (Å²) in [7, 11) is 0. The third kappa shape index (κ3) is 19.9. The molecule has 0 fully saturated rings. The Morgan fingerprint density at radius 2 is 1.54 bits per heavy atom. The Kier molecular flexibility index (Phi) is 18.0. The molecule has 0 atom stereocenters. The molecule has 0 aliphatic rings. The van der Waals surface area contributed by atoms with Crippen LogP contribution in [0.1, 0.15) is 40.2 Å². The van der Waals surface area contributed by atoms with E-state index in [4.69, 9.17) is 16.3 Å². The van der Waals surface area contributed by atoms with E-state index in [0.717, 1.165) is 6.07 Å². The number of nitrogens with one attached hydrogen (secondary N) is 1. The van der Waals surface area contributed by atoms with Gasteiger partial charge < -0.3 is 10.1 Å². The summed E-state index contributed by atoms with van der Waals surface area (Å²) in [5.74, 6) is -1.39. The van der Waals surface area contributed by atoms with E-state index in [-0.39, 0.29) is 18.2 Å². The molecule has 1 N–H and O–H groups in total. The standard InChI is InChI=1S/C8H14ClNO3.C7H6F2.C2H6.C2H2/c1-8(2,3)13-7(12)10-5-6(11)4-9;1-5-2-6(8)4-7(9)3-5;2*1-2/h4-5H2,1-3H3,(H,10,12);2-4H,1H3;1-2H3;1-2H. The van der Waals surface area contributed by atoms with Gasteiger partial charge in [-0.2, -0.15) is 0 Å². The zero-order chi connectivity index (χ0) is 21.3. The largest absolute Gasteiger partial charge is 0.444 e. The summed E-state index contributed by atoms with van der Waals surface area (Å²) in [6.45, 7) is 10.8. The number of amides is 1.